The van der Waals surface area contributed by atoms with E-state index in [1.165, 1.54) is 25.7 Å². The molecular formula is C15H22BrNO2. The minimum atomic E-state index is -0.471. The zero-order valence-corrected chi connectivity index (χ0v) is 12.9. The minimum absolute atomic E-state index is 0.173. The fraction of sp³-hybridized carbons (Fsp3) is 0.600. The van der Waals surface area contributed by atoms with Crippen molar-refractivity contribution in [2.24, 2.45) is 0 Å². The van der Waals surface area contributed by atoms with Gasteiger partial charge in [0.05, 0.1) is 12.7 Å². The van der Waals surface area contributed by atoms with Crippen molar-refractivity contribution in [2.75, 3.05) is 18.1 Å². The average Bonchev–Trinajstić information content (AvgIpc) is 2.89. The average molecular weight is 328 g/mol. The van der Waals surface area contributed by atoms with E-state index in [2.05, 4.69) is 26.9 Å². The van der Waals surface area contributed by atoms with Crippen molar-refractivity contribution in [3.8, 4) is 0 Å². The third-order valence-electron chi connectivity index (χ3n) is 3.87. The molecule has 1 aromatic rings. The Morgan fingerprint density at radius 1 is 1.37 bits per heavy atom. The van der Waals surface area contributed by atoms with Gasteiger partial charge in [0.2, 0.25) is 0 Å². The third-order valence-corrected chi connectivity index (χ3v) is 4.56. The van der Waals surface area contributed by atoms with Crippen LogP contribution in [0.5, 0.6) is 0 Å². The molecule has 0 amide bonds. The fourth-order valence-electron chi connectivity index (χ4n) is 2.88. The normalized spacial score (nSPS) is 17.7. The van der Waals surface area contributed by atoms with Crippen molar-refractivity contribution in [2.45, 2.75) is 44.8 Å². The maximum Gasteiger partial charge on any atom is 0.0772 e. The fourth-order valence-corrected chi connectivity index (χ4v) is 3.58. The van der Waals surface area contributed by atoms with E-state index in [0.29, 0.717) is 12.6 Å². The monoisotopic (exact) mass is 327 g/mol. The standard InChI is InChI=1S/C15H22BrNO2/c1-11(19)14-7-6-13(10-15(14)16)17(8-9-18)12-4-2-3-5-12/h6-7,10-12,18-19H,2-5,8-9H2,1H3/t11-/m0/s1. The molecule has 0 aromatic heterocycles. The molecule has 106 valence electrons. The number of hydrogen-bond donors (Lipinski definition) is 2. The van der Waals surface area contributed by atoms with Gasteiger partial charge in [-0.3, -0.25) is 0 Å². The number of hydrogen-bond acceptors (Lipinski definition) is 3. The molecule has 2 rings (SSSR count). The van der Waals surface area contributed by atoms with Crippen LogP contribution in [0.25, 0.3) is 0 Å². The van der Waals surface area contributed by atoms with Crippen molar-refractivity contribution in [3.63, 3.8) is 0 Å². The van der Waals surface area contributed by atoms with Crippen molar-refractivity contribution in [1.29, 1.82) is 0 Å². The summed E-state index contributed by atoms with van der Waals surface area (Å²) in [6.07, 6.45) is 4.49. The summed E-state index contributed by atoms with van der Waals surface area (Å²) in [5.41, 5.74) is 2.02. The second-order valence-corrected chi connectivity index (χ2v) is 6.09. The number of aliphatic hydroxyl groups excluding tert-OH is 2. The lowest BCUT2D eigenvalue weighted by Gasteiger charge is -2.31. The van der Waals surface area contributed by atoms with E-state index in [1.807, 2.05) is 12.1 Å². The Balaban J connectivity index is 2.23. The molecule has 2 N–H and O–H groups in total. The van der Waals surface area contributed by atoms with Crippen LogP contribution in [0.4, 0.5) is 5.69 Å². The quantitative estimate of drug-likeness (QED) is 0.872. The highest BCUT2D eigenvalue weighted by Crippen LogP contribution is 2.32. The van der Waals surface area contributed by atoms with Gasteiger partial charge < -0.3 is 15.1 Å². The van der Waals surface area contributed by atoms with E-state index < -0.39 is 6.10 Å². The van der Waals surface area contributed by atoms with Crippen LogP contribution in [0.15, 0.2) is 22.7 Å². The first kappa shape index (κ1) is 14.8. The molecule has 1 aliphatic rings. The minimum Gasteiger partial charge on any atom is -0.395 e. The van der Waals surface area contributed by atoms with Gasteiger partial charge in [-0.05, 0) is 37.5 Å². The van der Waals surface area contributed by atoms with E-state index in [9.17, 15) is 10.2 Å². The Bertz CT molecular complexity index is 417. The molecule has 0 spiro atoms. The summed E-state index contributed by atoms with van der Waals surface area (Å²) in [5.74, 6) is 0. The Labute approximate surface area is 123 Å². The molecule has 0 aliphatic heterocycles. The van der Waals surface area contributed by atoms with Gasteiger partial charge in [0, 0.05) is 22.7 Å². The molecule has 0 heterocycles. The lowest BCUT2D eigenvalue weighted by molar-refractivity contribution is 0.198. The first-order chi connectivity index (χ1) is 9.13. The molecule has 0 unspecified atom stereocenters. The summed E-state index contributed by atoms with van der Waals surface area (Å²) in [4.78, 5) is 2.30. The van der Waals surface area contributed by atoms with Crippen LogP contribution in [-0.2, 0) is 0 Å². The second kappa shape index (κ2) is 6.73. The zero-order valence-electron chi connectivity index (χ0n) is 11.3. The summed E-state index contributed by atoms with van der Waals surface area (Å²) >= 11 is 3.53. The summed E-state index contributed by atoms with van der Waals surface area (Å²) in [5, 5.41) is 18.9. The predicted molar refractivity (Wildman–Crippen MR) is 81.5 cm³/mol. The van der Waals surface area contributed by atoms with Crippen LogP contribution in [0.1, 0.15) is 44.3 Å². The van der Waals surface area contributed by atoms with Crippen molar-refractivity contribution in [1.82, 2.24) is 0 Å². The Morgan fingerprint density at radius 3 is 2.58 bits per heavy atom. The third kappa shape index (κ3) is 3.50. The first-order valence-corrected chi connectivity index (χ1v) is 7.77. The van der Waals surface area contributed by atoms with Gasteiger partial charge in [0.1, 0.15) is 0 Å². The highest BCUT2D eigenvalue weighted by Gasteiger charge is 2.23. The predicted octanol–water partition coefficient (Wildman–Crippen LogP) is 3.24. The molecule has 0 radical (unpaired) electrons. The topological polar surface area (TPSA) is 43.7 Å². The van der Waals surface area contributed by atoms with Gasteiger partial charge in [-0.15, -0.1) is 0 Å². The summed E-state index contributed by atoms with van der Waals surface area (Å²) in [6.45, 7) is 2.61. The van der Waals surface area contributed by atoms with Crippen LogP contribution >= 0.6 is 15.9 Å². The highest BCUT2D eigenvalue weighted by molar-refractivity contribution is 9.10. The number of aliphatic hydroxyl groups is 2. The Kier molecular flexibility index (Phi) is 5.25. The zero-order chi connectivity index (χ0) is 13.8. The summed E-state index contributed by atoms with van der Waals surface area (Å²) < 4.78 is 0.931. The number of benzene rings is 1. The molecular weight excluding hydrogens is 306 g/mol. The van der Waals surface area contributed by atoms with E-state index in [-0.39, 0.29) is 6.61 Å². The van der Waals surface area contributed by atoms with Gasteiger partial charge in [-0.2, -0.15) is 0 Å². The Morgan fingerprint density at radius 2 is 2.05 bits per heavy atom. The largest absolute Gasteiger partial charge is 0.395 e. The van der Waals surface area contributed by atoms with E-state index in [4.69, 9.17) is 0 Å². The number of nitrogens with zero attached hydrogens (tertiary/aromatic N) is 1. The van der Waals surface area contributed by atoms with Gasteiger partial charge in [-0.1, -0.05) is 34.8 Å². The molecule has 1 fully saturated rings. The summed E-state index contributed by atoms with van der Waals surface area (Å²) in [7, 11) is 0. The first-order valence-electron chi connectivity index (χ1n) is 6.98. The lowest BCUT2D eigenvalue weighted by atomic mass is 10.1. The molecule has 1 atom stereocenters. The maximum absolute atomic E-state index is 9.67. The Hall–Kier alpha value is -0.580. The smallest absolute Gasteiger partial charge is 0.0772 e. The van der Waals surface area contributed by atoms with E-state index >= 15 is 0 Å². The van der Waals surface area contributed by atoms with E-state index in [1.54, 1.807) is 6.92 Å². The van der Waals surface area contributed by atoms with Crippen molar-refractivity contribution >= 4 is 21.6 Å². The van der Waals surface area contributed by atoms with Gasteiger partial charge in [0.25, 0.3) is 0 Å². The van der Waals surface area contributed by atoms with Gasteiger partial charge >= 0.3 is 0 Å². The molecule has 1 aromatic carbocycles. The van der Waals surface area contributed by atoms with Crippen LogP contribution < -0.4 is 4.90 Å². The number of rotatable bonds is 5. The van der Waals surface area contributed by atoms with Crippen LogP contribution in [0.3, 0.4) is 0 Å². The van der Waals surface area contributed by atoms with Crippen LogP contribution in [0, 0.1) is 0 Å². The number of anilines is 1. The summed E-state index contributed by atoms with van der Waals surface area (Å²) in [6, 6.07) is 6.59. The molecule has 0 saturated heterocycles. The van der Waals surface area contributed by atoms with Gasteiger partial charge in [0.15, 0.2) is 0 Å². The molecule has 4 heteroatoms. The molecule has 3 nitrogen and oxygen atoms in total. The van der Waals surface area contributed by atoms with Crippen molar-refractivity contribution in [3.05, 3.63) is 28.2 Å². The number of halogens is 1. The molecule has 0 bridgehead atoms. The SMILES string of the molecule is C[C@H](O)c1ccc(N(CCO)C2CCCC2)cc1Br. The molecule has 1 aliphatic carbocycles. The maximum atomic E-state index is 9.67. The van der Waals surface area contributed by atoms with E-state index in [0.717, 1.165) is 15.7 Å². The van der Waals surface area contributed by atoms with Gasteiger partial charge in [-0.25, -0.2) is 0 Å². The molecule has 1 saturated carbocycles. The highest BCUT2D eigenvalue weighted by atomic mass is 79.9. The van der Waals surface area contributed by atoms with Crippen LogP contribution in [0.2, 0.25) is 0 Å². The second-order valence-electron chi connectivity index (χ2n) is 5.24. The van der Waals surface area contributed by atoms with Crippen LogP contribution in [-0.4, -0.2) is 29.4 Å². The lowest BCUT2D eigenvalue weighted by Crippen LogP contribution is -2.35. The van der Waals surface area contributed by atoms with Crippen molar-refractivity contribution < 1.29 is 10.2 Å². The molecule has 19 heavy (non-hydrogen) atoms.